The molecule has 0 aromatic heterocycles. The third-order valence-corrected chi connectivity index (χ3v) is 5.59. The van der Waals surface area contributed by atoms with Crippen molar-refractivity contribution in [3.63, 3.8) is 0 Å². The minimum Gasteiger partial charge on any atom is -0.125 e. The van der Waals surface area contributed by atoms with Crippen LogP contribution in [0.2, 0.25) is 0 Å². The zero-order chi connectivity index (χ0) is 14.8. The number of hydrogen-bond donors (Lipinski definition) is 0. The van der Waals surface area contributed by atoms with Gasteiger partial charge in [0.2, 0.25) is 0 Å². The summed E-state index contributed by atoms with van der Waals surface area (Å²) in [6.07, 6.45) is 3.13. The maximum absolute atomic E-state index is 3.98. The molecule has 1 heteroatoms. The normalized spacial score (nSPS) is 20.9. The largest absolute Gasteiger partial charge is 0.125 e. The van der Waals surface area contributed by atoms with Gasteiger partial charge in [0.15, 0.2) is 0 Å². The van der Waals surface area contributed by atoms with Gasteiger partial charge >= 0.3 is 0 Å². The lowest BCUT2D eigenvalue weighted by atomic mass is 9.79. The fraction of sp³-hybridized carbons (Fsp3) is 0.300. The fourth-order valence-corrected chi connectivity index (χ4v) is 4.64. The number of allylic oxidation sites excluding steroid dienone is 1. The summed E-state index contributed by atoms with van der Waals surface area (Å²) in [5.41, 5.74) is 5.65. The second kappa shape index (κ2) is 6.11. The van der Waals surface area contributed by atoms with Crippen LogP contribution in [0.1, 0.15) is 40.5 Å². The van der Waals surface area contributed by atoms with Crippen molar-refractivity contribution in [2.45, 2.75) is 37.0 Å². The maximum Gasteiger partial charge on any atom is 0.0110 e. The Morgan fingerprint density at radius 2 is 1.81 bits per heavy atom. The fourth-order valence-electron chi connectivity index (χ4n) is 3.20. The summed E-state index contributed by atoms with van der Waals surface area (Å²) in [4.78, 5) is 1.46. The van der Waals surface area contributed by atoms with Crippen molar-refractivity contribution in [2.24, 2.45) is 0 Å². The Kier molecular flexibility index (Phi) is 4.21. The molecule has 0 nitrogen and oxygen atoms in total. The molecule has 2 aromatic carbocycles. The molecule has 1 aliphatic heterocycles. The van der Waals surface area contributed by atoms with E-state index in [4.69, 9.17) is 0 Å². The van der Waals surface area contributed by atoms with E-state index in [1.165, 1.54) is 27.1 Å². The molecule has 1 unspecified atom stereocenters. The summed E-state index contributed by atoms with van der Waals surface area (Å²) < 4.78 is 0. The summed E-state index contributed by atoms with van der Waals surface area (Å²) in [6.45, 7) is 8.31. The number of fused-ring (bicyclic) bond motifs is 1. The van der Waals surface area contributed by atoms with E-state index in [9.17, 15) is 0 Å². The Labute approximate surface area is 132 Å². The van der Waals surface area contributed by atoms with Gasteiger partial charge in [0.05, 0.1) is 0 Å². The number of thioether (sulfide) groups is 1. The van der Waals surface area contributed by atoms with Gasteiger partial charge < -0.3 is 0 Å². The number of benzene rings is 2. The molecule has 0 aliphatic carbocycles. The monoisotopic (exact) mass is 294 g/mol. The van der Waals surface area contributed by atoms with Crippen LogP contribution >= 0.6 is 11.8 Å². The molecule has 1 heterocycles. The third kappa shape index (κ3) is 2.94. The second-order valence-electron chi connectivity index (χ2n) is 6.00. The Morgan fingerprint density at radius 1 is 1.10 bits per heavy atom. The Morgan fingerprint density at radius 3 is 2.52 bits per heavy atom. The highest BCUT2D eigenvalue weighted by molar-refractivity contribution is 7.99. The van der Waals surface area contributed by atoms with Crippen molar-refractivity contribution < 1.29 is 0 Å². The summed E-state index contributed by atoms with van der Waals surface area (Å²) in [7, 11) is 0. The maximum atomic E-state index is 3.98. The smallest absolute Gasteiger partial charge is 0.0110 e. The van der Waals surface area contributed by atoms with Crippen molar-refractivity contribution in [1.29, 1.82) is 0 Å². The lowest BCUT2D eigenvalue weighted by Gasteiger charge is -2.33. The predicted molar refractivity (Wildman–Crippen MR) is 93.4 cm³/mol. The van der Waals surface area contributed by atoms with Crippen LogP contribution in [0, 0.1) is 13.8 Å². The minimum absolute atomic E-state index is 0.557. The van der Waals surface area contributed by atoms with E-state index < -0.39 is 0 Å². The lowest BCUT2D eigenvalue weighted by Crippen LogP contribution is -2.18. The van der Waals surface area contributed by atoms with Gasteiger partial charge in [0.1, 0.15) is 0 Å². The Hall–Kier alpha value is -1.47. The molecular formula is C20H22S. The van der Waals surface area contributed by atoms with Crippen LogP contribution in [0.4, 0.5) is 0 Å². The van der Waals surface area contributed by atoms with Gasteiger partial charge in [-0.1, -0.05) is 53.6 Å². The molecule has 0 radical (unpaired) electrons. The van der Waals surface area contributed by atoms with E-state index in [1.54, 1.807) is 0 Å². The van der Waals surface area contributed by atoms with Crippen LogP contribution in [0.25, 0.3) is 0 Å². The molecule has 0 spiro atoms. The zero-order valence-electron chi connectivity index (χ0n) is 12.8. The average Bonchev–Trinajstić information content (AvgIpc) is 2.48. The van der Waals surface area contributed by atoms with Crippen molar-refractivity contribution in [3.05, 3.63) is 77.4 Å². The SMILES string of the molecule is C=CC[C@@H]1c2ccc(C)cc2SCC1c1ccc(C)cc1. The highest BCUT2D eigenvalue weighted by Gasteiger charge is 2.30. The van der Waals surface area contributed by atoms with Crippen molar-refractivity contribution in [2.75, 3.05) is 5.75 Å². The van der Waals surface area contributed by atoms with Crippen LogP contribution in [0.3, 0.4) is 0 Å². The summed E-state index contributed by atoms with van der Waals surface area (Å²) in [6, 6.07) is 16.0. The molecule has 108 valence electrons. The van der Waals surface area contributed by atoms with Crippen molar-refractivity contribution in [3.8, 4) is 0 Å². The lowest BCUT2D eigenvalue weighted by molar-refractivity contribution is 0.571. The molecule has 0 N–H and O–H groups in total. The van der Waals surface area contributed by atoms with Crippen LogP contribution in [-0.4, -0.2) is 5.75 Å². The quantitative estimate of drug-likeness (QED) is 0.640. The van der Waals surface area contributed by atoms with Gasteiger partial charge in [0.25, 0.3) is 0 Å². The highest BCUT2D eigenvalue weighted by Crippen LogP contribution is 2.47. The van der Waals surface area contributed by atoms with Crippen molar-refractivity contribution >= 4 is 11.8 Å². The first kappa shape index (κ1) is 14.5. The van der Waals surface area contributed by atoms with Crippen LogP contribution in [0.15, 0.2) is 60.0 Å². The van der Waals surface area contributed by atoms with E-state index >= 15 is 0 Å². The number of hydrogen-bond acceptors (Lipinski definition) is 1. The van der Waals surface area contributed by atoms with E-state index in [0.29, 0.717) is 11.8 Å². The van der Waals surface area contributed by atoms with Gasteiger partial charge in [-0.25, -0.2) is 0 Å². The Balaban J connectivity index is 2.00. The third-order valence-electron chi connectivity index (χ3n) is 4.40. The van der Waals surface area contributed by atoms with Gasteiger partial charge in [-0.2, -0.15) is 0 Å². The van der Waals surface area contributed by atoms with E-state index in [0.717, 1.165) is 12.2 Å². The number of rotatable bonds is 3. The predicted octanol–water partition coefficient (Wildman–Crippen LogP) is 5.85. The van der Waals surface area contributed by atoms with Crippen LogP contribution in [-0.2, 0) is 0 Å². The molecule has 1 aliphatic rings. The molecule has 0 amide bonds. The first-order chi connectivity index (χ1) is 10.2. The van der Waals surface area contributed by atoms with Crippen LogP contribution < -0.4 is 0 Å². The summed E-state index contributed by atoms with van der Waals surface area (Å²) >= 11 is 2.01. The van der Waals surface area contributed by atoms with Gasteiger partial charge in [-0.15, -0.1) is 18.3 Å². The molecule has 3 rings (SSSR count). The first-order valence-electron chi connectivity index (χ1n) is 7.60. The molecule has 2 aromatic rings. The average molecular weight is 294 g/mol. The van der Waals surface area contributed by atoms with Gasteiger partial charge in [0, 0.05) is 16.6 Å². The molecule has 0 fully saturated rings. The second-order valence-corrected chi connectivity index (χ2v) is 7.06. The highest BCUT2D eigenvalue weighted by atomic mass is 32.2. The standard InChI is InChI=1S/C20H22S/c1-4-5-17-18-11-8-15(3)12-20(18)21-13-19(17)16-9-6-14(2)7-10-16/h4,6-12,17,19H,1,5,13H2,2-3H3/t17-,19?/m1/s1. The Bertz CT molecular complexity index is 639. The molecule has 21 heavy (non-hydrogen) atoms. The first-order valence-corrected chi connectivity index (χ1v) is 8.58. The summed E-state index contributed by atoms with van der Waals surface area (Å²) in [5.74, 6) is 2.31. The zero-order valence-corrected chi connectivity index (χ0v) is 13.6. The van der Waals surface area contributed by atoms with Gasteiger partial charge in [-0.05, 0) is 43.4 Å². The molecule has 0 saturated heterocycles. The van der Waals surface area contributed by atoms with E-state index in [1.807, 2.05) is 11.8 Å². The van der Waals surface area contributed by atoms with Crippen molar-refractivity contribution in [1.82, 2.24) is 0 Å². The molecule has 0 saturated carbocycles. The van der Waals surface area contributed by atoms with Gasteiger partial charge in [-0.3, -0.25) is 0 Å². The minimum atomic E-state index is 0.557. The topological polar surface area (TPSA) is 0 Å². The van der Waals surface area contributed by atoms with Crippen LogP contribution in [0.5, 0.6) is 0 Å². The molecule has 2 atom stereocenters. The van der Waals surface area contributed by atoms with E-state index in [-0.39, 0.29) is 0 Å². The summed E-state index contributed by atoms with van der Waals surface area (Å²) in [5, 5.41) is 0. The number of aryl methyl sites for hydroxylation is 2. The molecule has 0 bridgehead atoms. The van der Waals surface area contributed by atoms with E-state index in [2.05, 4.69) is 69.0 Å². The molecular weight excluding hydrogens is 272 g/mol.